The fourth-order valence-corrected chi connectivity index (χ4v) is 3.05. The molecule has 0 N–H and O–H groups in total. The van der Waals surface area contributed by atoms with E-state index in [1.807, 2.05) is 47.6 Å². The van der Waals surface area contributed by atoms with Crippen molar-refractivity contribution in [3.63, 3.8) is 0 Å². The van der Waals surface area contributed by atoms with Gasteiger partial charge in [-0.15, -0.1) is 0 Å². The summed E-state index contributed by atoms with van der Waals surface area (Å²) in [5, 5.41) is 0. The Morgan fingerprint density at radius 1 is 1.12 bits per heavy atom. The van der Waals surface area contributed by atoms with Gasteiger partial charge in [-0.2, -0.15) is 0 Å². The van der Waals surface area contributed by atoms with Crippen LogP contribution in [0.25, 0.3) is 22.4 Å². The standard InChI is InChI=1S/C18H17BFN5/c19-15-1-2-16-17(8-15)25(5-3-20)18(23-16)14-7-13(9-22-10-14)11-24-6-4-21-12-24/h1-2,4,6-10,12H,3,5,11,19H2. The zero-order chi connectivity index (χ0) is 17.2. The first-order valence-corrected chi connectivity index (χ1v) is 8.17. The minimum atomic E-state index is -0.436. The van der Waals surface area contributed by atoms with Crippen LogP contribution in [-0.2, 0) is 13.1 Å². The molecule has 0 aliphatic carbocycles. The fourth-order valence-electron chi connectivity index (χ4n) is 3.05. The number of pyridine rings is 1. The van der Waals surface area contributed by atoms with Gasteiger partial charge < -0.3 is 9.13 Å². The second kappa shape index (κ2) is 6.51. The van der Waals surface area contributed by atoms with E-state index < -0.39 is 6.67 Å². The number of hydrogen-bond acceptors (Lipinski definition) is 3. The molecule has 0 aliphatic heterocycles. The third-order valence-corrected chi connectivity index (χ3v) is 4.19. The summed E-state index contributed by atoms with van der Waals surface area (Å²) in [6, 6.07) is 8.10. The Hall–Kier alpha value is -2.96. The maximum atomic E-state index is 13.1. The van der Waals surface area contributed by atoms with E-state index in [4.69, 9.17) is 4.98 Å². The molecule has 4 rings (SSSR count). The van der Waals surface area contributed by atoms with Crippen LogP contribution in [0.15, 0.2) is 55.4 Å². The Bertz CT molecular complexity index is 1010. The van der Waals surface area contributed by atoms with Crippen LogP contribution in [-0.4, -0.2) is 38.6 Å². The van der Waals surface area contributed by atoms with E-state index in [1.54, 1.807) is 18.7 Å². The molecular formula is C18H17BFN5. The highest BCUT2D eigenvalue weighted by atomic mass is 19.1. The van der Waals surface area contributed by atoms with Gasteiger partial charge in [0.15, 0.2) is 0 Å². The molecule has 0 spiro atoms. The molecule has 1 aromatic carbocycles. The molecule has 3 heterocycles. The lowest BCUT2D eigenvalue weighted by atomic mass is 9.96. The van der Waals surface area contributed by atoms with Crippen LogP contribution in [0.4, 0.5) is 4.39 Å². The Labute approximate surface area is 145 Å². The first-order chi connectivity index (χ1) is 12.2. The predicted molar refractivity (Wildman–Crippen MR) is 98.4 cm³/mol. The van der Waals surface area contributed by atoms with E-state index in [-0.39, 0.29) is 6.54 Å². The molecule has 5 nitrogen and oxygen atoms in total. The molecular weight excluding hydrogens is 316 g/mol. The molecule has 0 atom stereocenters. The Morgan fingerprint density at radius 3 is 2.84 bits per heavy atom. The minimum absolute atomic E-state index is 0.279. The number of aryl methyl sites for hydroxylation is 1. The van der Waals surface area contributed by atoms with E-state index in [1.165, 1.54) is 0 Å². The SMILES string of the molecule is Bc1ccc2nc(-c3cncc(Cn4ccnc4)c3)n(CCF)c2c1. The number of rotatable bonds is 5. The number of aromatic nitrogens is 5. The fraction of sp³-hybridized carbons (Fsp3) is 0.167. The number of imidazole rings is 2. The quantitative estimate of drug-likeness (QED) is 0.521. The summed E-state index contributed by atoms with van der Waals surface area (Å²) in [5.41, 5.74) is 4.89. The van der Waals surface area contributed by atoms with E-state index >= 15 is 0 Å². The van der Waals surface area contributed by atoms with Gasteiger partial charge in [-0.05, 0) is 23.8 Å². The van der Waals surface area contributed by atoms with Crippen molar-refractivity contribution in [1.82, 2.24) is 24.1 Å². The molecule has 0 radical (unpaired) electrons. The van der Waals surface area contributed by atoms with E-state index in [2.05, 4.69) is 16.0 Å². The number of alkyl halides is 1. The molecule has 0 amide bonds. The van der Waals surface area contributed by atoms with Crippen LogP contribution in [0.3, 0.4) is 0 Å². The van der Waals surface area contributed by atoms with Crippen LogP contribution >= 0.6 is 0 Å². The molecule has 0 unspecified atom stereocenters. The van der Waals surface area contributed by atoms with Gasteiger partial charge in [0.2, 0.25) is 0 Å². The van der Waals surface area contributed by atoms with Gasteiger partial charge in [0, 0.05) is 30.4 Å². The molecule has 0 fully saturated rings. The van der Waals surface area contributed by atoms with Gasteiger partial charge in [-0.1, -0.05) is 11.5 Å². The molecule has 0 saturated heterocycles. The van der Waals surface area contributed by atoms with Gasteiger partial charge in [0.1, 0.15) is 20.3 Å². The zero-order valence-corrected chi connectivity index (χ0v) is 13.9. The first-order valence-electron chi connectivity index (χ1n) is 8.17. The number of nitrogens with zero attached hydrogens (tertiary/aromatic N) is 5. The van der Waals surface area contributed by atoms with E-state index in [9.17, 15) is 4.39 Å². The lowest BCUT2D eigenvalue weighted by Crippen LogP contribution is -2.06. The number of benzene rings is 1. The van der Waals surface area contributed by atoms with Crippen molar-refractivity contribution in [2.45, 2.75) is 13.1 Å². The summed E-state index contributed by atoms with van der Waals surface area (Å²) < 4.78 is 17.0. The van der Waals surface area contributed by atoms with Crippen molar-refractivity contribution < 1.29 is 4.39 Å². The highest BCUT2D eigenvalue weighted by molar-refractivity contribution is 6.33. The maximum absolute atomic E-state index is 13.1. The number of fused-ring (bicyclic) bond motifs is 1. The van der Waals surface area contributed by atoms with Crippen LogP contribution in [0.2, 0.25) is 0 Å². The van der Waals surface area contributed by atoms with Crippen molar-refractivity contribution in [1.29, 1.82) is 0 Å². The highest BCUT2D eigenvalue weighted by Crippen LogP contribution is 2.24. The smallest absolute Gasteiger partial charge is 0.142 e. The van der Waals surface area contributed by atoms with Crippen molar-refractivity contribution in [3.05, 3.63) is 60.9 Å². The third-order valence-electron chi connectivity index (χ3n) is 4.19. The van der Waals surface area contributed by atoms with Crippen LogP contribution in [0, 0.1) is 0 Å². The number of hydrogen-bond donors (Lipinski definition) is 0. The summed E-state index contributed by atoms with van der Waals surface area (Å²) in [4.78, 5) is 13.1. The lowest BCUT2D eigenvalue weighted by Gasteiger charge is -2.09. The average Bonchev–Trinajstić information content (AvgIpc) is 3.24. The Morgan fingerprint density at radius 2 is 2.04 bits per heavy atom. The first kappa shape index (κ1) is 15.6. The van der Waals surface area contributed by atoms with Gasteiger partial charge in [-0.25, -0.2) is 14.4 Å². The Balaban J connectivity index is 1.79. The second-order valence-corrected chi connectivity index (χ2v) is 6.09. The molecule has 0 saturated carbocycles. The average molecular weight is 333 g/mol. The van der Waals surface area contributed by atoms with E-state index in [0.29, 0.717) is 6.54 Å². The molecule has 25 heavy (non-hydrogen) atoms. The highest BCUT2D eigenvalue weighted by Gasteiger charge is 2.13. The summed E-state index contributed by atoms with van der Waals surface area (Å²) in [6.07, 6.45) is 9.04. The lowest BCUT2D eigenvalue weighted by molar-refractivity contribution is 0.451. The summed E-state index contributed by atoms with van der Waals surface area (Å²) in [5.74, 6) is 0.748. The Kier molecular flexibility index (Phi) is 4.05. The second-order valence-electron chi connectivity index (χ2n) is 6.09. The maximum Gasteiger partial charge on any atom is 0.142 e. The van der Waals surface area contributed by atoms with Crippen molar-refractivity contribution in [3.8, 4) is 11.4 Å². The summed E-state index contributed by atoms with van der Waals surface area (Å²) >= 11 is 0. The summed E-state index contributed by atoms with van der Waals surface area (Å²) in [7, 11) is 2.03. The molecule has 124 valence electrons. The molecule has 7 heteroatoms. The predicted octanol–water partition coefficient (Wildman–Crippen LogP) is 1.57. The topological polar surface area (TPSA) is 48.5 Å². The zero-order valence-electron chi connectivity index (χ0n) is 13.9. The van der Waals surface area contributed by atoms with Crippen molar-refractivity contribution in [2.24, 2.45) is 0 Å². The van der Waals surface area contributed by atoms with Crippen LogP contribution in [0.1, 0.15) is 5.56 Å². The molecule has 0 bridgehead atoms. The normalized spacial score (nSPS) is 11.2. The number of halogens is 1. The third kappa shape index (κ3) is 3.05. The van der Waals surface area contributed by atoms with Gasteiger partial charge in [0.05, 0.1) is 30.5 Å². The molecule has 3 aromatic heterocycles. The van der Waals surface area contributed by atoms with Gasteiger partial charge in [0.25, 0.3) is 0 Å². The molecule has 4 aromatic rings. The summed E-state index contributed by atoms with van der Waals surface area (Å²) in [6.45, 7) is 0.527. The van der Waals surface area contributed by atoms with E-state index in [0.717, 1.165) is 33.4 Å². The monoisotopic (exact) mass is 333 g/mol. The van der Waals surface area contributed by atoms with Crippen LogP contribution in [0.5, 0.6) is 0 Å². The largest absolute Gasteiger partial charge is 0.333 e. The molecule has 0 aliphatic rings. The van der Waals surface area contributed by atoms with Gasteiger partial charge >= 0.3 is 0 Å². The van der Waals surface area contributed by atoms with Crippen LogP contribution < -0.4 is 5.46 Å². The van der Waals surface area contributed by atoms with Crippen molar-refractivity contribution in [2.75, 3.05) is 6.67 Å². The van der Waals surface area contributed by atoms with Gasteiger partial charge in [-0.3, -0.25) is 4.98 Å². The minimum Gasteiger partial charge on any atom is -0.333 e. The van der Waals surface area contributed by atoms with Crippen molar-refractivity contribution >= 4 is 24.3 Å².